The average molecular weight is 365 g/mol. The van der Waals surface area contributed by atoms with Gasteiger partial charge in [-0.05, 0) is 62.8 Å². The van der Waals surface area contributed by atoms with Crippen molar-refractivity contribution in [2.75, 3.05) is 20.0 Å². The highest BCUT2D eigenvalue weighted by atomic mass is 35.5. The van der Waals surface area contributed by atoms with Gasteiger partial charge in [-0.1, -0.05) is 53.9 Å². The Morgan fingerprint density at radius 1 is 1.33 bits per heavy atom. The van der Waals surface area contributed by atoms with Crippen molar-refractivity contribution >= 4 is 11.6 Å². The van der Waals surface area contributed by atoms with E-state index in [1.165, 1.54) is 0 Å². The Bertz CT molecular complexity index is 1430. The SMILES string of the molecule is [2H]c1c([2H])c([2H])c([C@@](C)(OC([2H])([2H])C[C@]2([2H])N(C([2H])([2H])[2H])C([2H])([2H])C([2H])([2H])C2([2H])[2H])c2c([2H])c([2H])c(Cl)c([2H])c2[2H])c([2H])c1[2H]. The van der Waals surface area contributed by atoms with Crippen molar-refractivity contribution < 1.29 is 33.5 Å². The first-order chi connectivity index (χ1) is 19.9. The molecule has 0 N–H and O–H groups in total. The summed E-state index contributed by atoms with van der Waals surface area (Å²) in [6, 6.07) is -12.4. The minimum atomic E-state index is -3.77. The van der Waals surface area contributed by atoms with E-state index < -0.39 is 126 Å². The smallest absolute Gasteiger partial charge is 0.115 e. The highest BCUT2D eigenvalue weighted by Gasteiger charge is 2.30. The molecule has 2 aromatic carbocycles. The predicted octanol–water partition coefficient (Wildman–Crippen LogP) is 5.10. The molecule has 0 saturated carbocycles. The van der Waals surface area contributed by atoms with E-state index in [0.717, 1.165) is 6.92 Å². The number of benzene rings is 2. The standard InChI is InChI=1S/C21H26ClNO/c1-21(17-7-4-3-5-8-17,18-10-12-19(22)13-11-18)24-16-14-20-9-6-15-23(20)2/h3-5,7-8,10-13,20H,6,9,14-16H2,1-2H3/t20-,21-/m1/s1/i2D3,3D,4D,5D,6D2,7D,8D,9D2,10D,11D,12D,13D,15D2,16D2,20D. The van der Waals surface area contributed by atoms with Gasteiger partial charge in [0.25, 0.3) is 0 Å². The topological polar surface area (TPSA) is 12.5 Å². The van der Waals surface area contributed by atoms with Gasteiger partial charge in [0.15, 0.2) is 0 Å². The van der Waals surface area contributed by atoms with Crippen LogP contribution in [0.1, 0.15) is 66.0 Å². The first kappa shape index (κ1) is 5.09. The van der Waals surface area contributed by atoms with Gasteiger partial charge in [0.1, 0.15) is 5.60 Å². The molecule has 2 aromatic rings. The Morgan fingerprint density at radius 3 is 2.75 bits per heavy atom. The molecule has 3 rings (SSSR count). The molecule has 0 radical (unpaired) electrons. The van der Waals surface area contributed by atoms with Gasteiger partial charge >= 0.3 is 0 Å². The predicted molar refractivity (Wildman–Crippen MR) is 101 cm³/mol. The monoisotopic (exact) mass is 364 g/mol. The quantitative estimate of drug-likeness (QED) is 0.706. The molecule has 24 heavy (non-hydrogen) atoms. The van der Waals surface area contributed by atoms with E-state index in [9.17, 15) is 0 Å². The number of ether oxygens (including phenoxy) is 1. The van der Waals surface area contributed by atoms with Crippen LogP contribution in [-0.2, 0) is 10.3 Å². The second-order valence-corrected chi connectivity index (χ2v) is 5.17. The zero-order valence-corrected chi connectivity index (χ0v) is 13.2. The van der Waals surface area contributed by atoms with E-state index >= 15 is 0 Å². The first-order valence-corrected chi connectivity index (χ1v) is 7.10. The Balaban J connectivity index is 2.43. The molecule has 1 aliphatic rings. The van der Waals surface area contributed by atoms with Crippen LogP contribution in [0, 0.1) is 0 Å². The van der Waals surface area contributed by atoms with Crippen molar-refractivity contribution in [3.8, 4) is 0 Å². The van der Waals surface area contributed by atoms with Gasteiger partial charge in [0.2, 0.25) is 0 Å². The Kier molecular flexibility index (Phi) is 1.63. The van der Waals surface area contributed by atoms with Crippen LogP contribution in [0.2, 0.25) is 5.02 Å². The van der Waals surface area contributed by atoms with Crippen LogP contribution in [-0.4, -0.2) is 30.9 Å². The second kappa shape index (κ2) is 7.69. The number of nitrogens with zero attached hydrogens (tertiary/aromatic N) is 1. The minimum Gasteiger partial charge on any atom is -0.366 e. The van der Waals surface area contributed by atoms with Crippen molar-refractivity contribution in [2.24, 2.45) is 0 Å². The first-order valence-electron chi connectivity index (χ1n) is 17.2. The molecule has 1 fully saturated rings. The molecule has 0 aromatic heterocycles. The summed E-state index contributed by atoms with van der Waals surface area (Å²) in [7, 11) is 0. The summed E-state index contributed by atoms with van der Waals surface area (Å²) in [5.74, 6) is 0. The van der Waals surface area contributed by atoms with E-state index in [1.807, 2.05) is 0 Å². The molecule has 2 nitrogen and oxygen atoms in total. The molecule has 0 bridgehead atoms. The van der Waals surface area contributed by atoms with Gasteiger partial charge in [-0.25, -0.2) is 0 Å². The van der Waals surface area contributed by atoms with Crippen LogP contribution in [0.5, 0.6) is 0 Å². The molecule has 128 valence electrons. The third-order valence-corrected chi connectivity index (χ3v) is 3.40. The lowest BCUT2D eigenvalue weighted by molar-refractivity contribution is -0.0117. The van der Waals surface area contributed by atoms with Gasteiger partial charge in [-0.15, -0.1) is 0 Å². The number of likely N-dealkylation sites (tertiary alicyclic amines) is 1. The number of hydrogen-bond donors (Lipinski definition) is 0. The molecule has 0 unspecified atom stereocenters. The highest BCUT2D eigenvalue weighted by molar-refractivity contribution is 6.30. The van der Waals surface area contributed by atoms with Crippen LogP contribution in [0.25, 0.3) is 0 Å². The van der Waals surface area contributed by atoms with Crippen LogP contribution in [0.4, 0.5) is 0 Å². The summed E-state index contributed by atoms with van der Waals surface area (Å²) < 4.78 is 179. The van der Waals surface area contributed by atoms with Gasteiger partial charge in [0, 0.05) is 31.3 Å². The Hall–Kier alpha value is -1.35. The van der Waals surface area contributed by atoms with E-state index in [0.29, 0.717) is 0 Å². The molecule has 1 saturated heterocycles. The Morgan fingerprint density at radius 2 is 2.04 bits per heavy atom. The van der Waals surface area contributed by atoms with Gasteiger partial charge in [0.05, 0.1) is 15.1 Å². The number of halogens is 1. The largest absolute Gasteiger partial charge is 0.366 e. The summed E-state index contributed by atoms with van der Waals surface area (Å²) in [5, 5.41) is -0.692. The second-order valence-electron chi connectivity index (χ2n) is 4.79. The summed E-state index contributed by atoms with van der Waals surface area (Å²) in [6.45, 7) is -10.3. The number of rotatable bonds is 6. The molecule has 0 spiro atoms. The van der Waals surface area contributed by atoms with E-state index in [4.69, 9.17) is 45.1 Å². The van der Waals surface area contributed by atoms with E-state index in [2.05, 4.69) is 0 Å². The molecule has 2 atom stereocenters. The van der Waals surface area contributed by atoms with Gasteiger partial charge in [-0.2, -0.15) is 0 Å². The number of hydrogen-bond acceptors (Lipinski definition) is 2. The third-order valence-electron chi connectivity index (χ3n) is 3.21. The maximum Gasteiger partial charge on any atom is 0.115 e. The molecule has 1 aliphatic heterocycles. The lowest BCUT2D eigenvalue weighted by atomic mass is 9.88. The van der Waals surface area contributed by atoms with Crippen LogP contribution in [0.3, 0.4) is 0 Å². The Labute approximate surface area is 179 Å². The molecule has 0 amide bonds. The molecular formula is C21H26ClNO. The minimum absolute atomic E-state index is 0.450. The molecule has 1 heterocycles. The highest BCUT2D eigenvalue weighted by Crippen LogP contribution is 2.34. The fraction of sp³-hybridized carbons (Fsp3) is 0.429. The van der Waals surface area contributed by atoms with Crippen LogP contribution >= 0.6 is 11.6 Å². The summed E-state index contributed by atoms with van der Waals surface area (Å²) in [6.07, 6.45) is -9.30. The zero-order chi connectivity index (χ0) is 35.4. The van der Waals surface area contributed by atoms with Crippen molar-refractivity contribution in [3.63, 3.8) is 0 Å². The van der Waals surface area contributed by atoms with Crippen molar-refractivity contribution in [2.45, 2.75) is 37.7 Å². The summed E-state index contributed by atoms with van der Waals surface area (Å²) in [5.41, 5.74) is -4.75. The fourth-order valence-electron chi connectivity index (χ4n) is 1.90. The van der Waals surface area contributed by atoms with Gasteiger partial charge in [-0.3, -0.25) is 0 Å². The van der Waals surface area contributed by atoms with Crippen molar-refractivity contribution in [1.82, 2.24) is 4.90 Å². The zero-order valence-electron chi connectivity index (χ0n) is 33.4. The summed E-state index contributed by atoms with van der Waals surface area (Å²) >= 11 is 5.91. The maximum absolute atomic E-state index is 8.82. The van der Waals surface area contributed by atoms with Crippen LogP contribution < -0.4 is 0 Å². The lowest BCUT2D eigenvalue weighted by Gasteiger charge is -2.32. The normalized spacial score (nSPS) is 44.0. The molecule has 0 aliphatic carbocycles. The van der Waals surface area contributed by atoms with E-state index in [-0.39, 0.29) is 0 Å². The third kappa shape index (κ3) is 3.83. The van der Waals surface area contributed by atoms with Gasteiger partial charge < -0.3 is 9.64 Å². The lowest BCUT2D eigenvalue weighted by Crippen LogP contribution is -2.31. The van der Waals surface area contributed by atoms with Crippen molar-refractivity contribution in [1.29, 1.82) is 0 Å². The van der Waals surface area contributed by atoms with Crippen LogP contribution in [0.15, 0.2) is 54.4 Å². The summed E-state index contributed by atoms with van der Waals surface area (Å²) in [4.78, 5) is -0.450. The van der Waals surface area contributed by atoms with Crippen molar-refractivity contribution in [3.05, 3.63) is 70.5 Å². The van der Waals surface area contributed by atoms with E-state index in [1.54, 1.807) is 0 Å². The molecular weight excluding hydrogens is 318 g/mol. The average Bonchev–Trinajstić information content (AvgIpc) is 2.94. The maximum atomic E-state index is 8.82. The molecule has 3 heteroatoms. The fourth-order valence-corrected chi connectivity index (χ4v) is 2.00.